The highest BCUT2D eigenvalue weighted by Crippen LogP contribution is 2.29. The smallest absolute Gasteiger partial charge is 0.225 e. The predicted molar refractivity (Wildman–Crippen MR) is 87.8 cm³/mol. The van der Waals surface area contributed by atoms with Gasteiger partial charge in [-0.2, -0.15) is 0 Å². The van der Waals surface area contributed by atoms with Crippen molar-refractivity contribution in [1.29, 1.82) is 0 Å². The third kappa shape index (κ3) is 4.50. The van der Waals surface area contributed by atoms with E-state index in [2.05, 4.69) is 15.5 Å². The summed E-state index contributed by atoms with van der Waals surface area (Å²) in [6, 6.07) is 5.22. The Balaban J connectivity index is 1.86. The highest BCUT2D eigenvalue weighted by Gasteiger charge is 2.10. The number of carbonyl (C=O) groups excluding carboxylic acids is 1. The van der Waals surface area contributed by atoms with Crippen molar-refractivity contribution >= 4 is 39.8 Å². The van der Waals surface area contributed by atoms with E-state index in [1.165, 1.54) is 23.1 Å². The number of hydrogen-bond acceptors (Lipinski definition) is 8. The third-order valence-corrected chi connectivity index (χ3v) is 4.55. The zero-order valence-electron chi connectivity index (χ0n) is 12.2. The zero-order chi connectivity index (χ0) is 15.9. The molecule has 1 amide bonds. The standard InChI is InChI=1S/C13H16N4O3S2/c1-19-8-3-4-9(10(7-8)20-2)15-11(18)5-6-21-13-17-16-12(14)22-13/h3-4,7H,5-6H2,1-2H3,(H2,14,16)(H,15,18). The zero-order valence-corrected chi connectivity index (χ0v) is 13.8. The van der Waals surface area contributed by atoms with Crippen LogP contribution in [0.1, 0.15) is 6.42 Å². The van der Waals surface area contributed by atoms with Crippen molar-refractivity contribution in [3.8, 4) is 11.5 Å². The molecule has 0 unspecified atom stereocenters. The Hall–Kier alpha value is -2.00. The van der Waals surface area contributed by atoms with Crippen molar-refractivity contribution < 1.29 is 14.3 Å². The number of benzene rings is 1. The SMILES string of the molecule is COc1ccc(NC(=O)CCSc2nnc(N)s2)c(OC)c1. The van der Waals surface area contributed by atoms with Crippen molar-refractivity contribution in [3.05, 3.63) is 18.2 Å². The van der Waals surface area contributed by atoms with Gasteiger partial charge in [0, 0.05) is 18.2 Å². The van der Waals surface area contributed by atoms with Crippen LogP contribution in [0.15, 0.2) is 22.5 Å². The maximum absolute atomic E-state index is 12.0. The van der Waals surface area contributed by atoms with E-state index in [1.54, 1.807) is 32.4 Å². The summed E-state index contributed by atoms with van der Waals surface area (Å²) < 4.78 is 11.1. The molecule has 9 heteroatoms. The molecule has 118 valence electrons. The highest BCUT2D eigenvalue weighted by atomic mass is 32.2. The largest absolute Gasteiger partial charge is 0.497 e. The average Bonchev–Trinajstić information content (AvgIpc) is 2.93. The molecular formula is C13H16N4O3S2. The second kappa shape index (κ2) is 7.85. The average molecular weight is 340 g/mol. The van der Waals surface area contributed by atoms with Crippen LogP contribution in [0.2, 0.25) is 0 Å². The molecule has 7 nitrogen and oxygen atoms in total. The van der Waals surface area contributed by atoms with E-state index in [1.807, 2.05) is 0 Å². The van der Waals surface area contributed by atoms with Gasteiger partial charge in [0.25, 0.3) is 0 Å². The number of hydrogen-bond donors (Lipinski definition) is 2. The summed E-state index contributed by atoms with van der Waals surface area (Å²) in [6.07, 6.45) is 0.347. The van der Waals surface area contributed by atoms with Gasteiger partial charge in [-0.1, -0.05) is 23.1 Å². The summed E-state index contributed by atoms with van der Waals surface area (Å²) in [5.41, 5.74) is 6.11. The fourth-order valence-corrected chi connectivity index (χ4v) is 3.27. The maximum atomic E-state index is 12.0. The van der Waals surface area contributed by atoms with E-state index >= 15 is 0 Å². The quantitative estimate of drug-likeness (QED) is 0.746. The van der Waals surface area contributed by atoms with Crippen LogP contribution >= 0.6 is 23.1 Å². The number of carbonyl (C=O) groups is 1. The molecule has 0 aliphatic carbocycles. The Morgan fingerprint density at radius 3 is 2.82 bits per heavy atom. The molecule has 0 saturated heterocycles. The lowest BCUT2D eigenvalue weighted by molar-refractivity contribution is -0.115. The Kier molecular flexibility index (Phi) is 5.84. The van der Waals surface area contributed by atoms with E-state index in [0.717, 1.165) is 4.34 Å². The Labute approximate surface area is 136 Å². The molecule has 0 aliphatic rings. The van der Waals surface area contributed by atoms with Crippen LogP contribution < -0.4 is 20.5 Å². The van der Waals surface area contributed by atoms with Crippen LogP contribution in [0.5, 0.6) is 11.5 Å². The highest BCUT2D eigenvalue weighted by molar-refractivity contribution is 8.01. The summed E-state index contributed by atoms with van der Waals surface area (Å²) in [5, 5.41) is 10.8. The van der Waals surface area contributed by atoms with Crippen molar-refractivity contribution in [3.63, 3.8) is 0 Å². The van der Waals surface area contributed by atoms with Gasteiger partial charge in [-0.3, -0.25) is 4.79 Å². The van der Waals surface area contributed by atoms with E-state index in [0.29, 0.717) is 34.5 Å². The summed E-state index contributed by atoms with van der Waals surface area (Å²) in [6.45, 7) is 0. The predicted octanol–water partition coefficient (Wildman–Crippen LogP) is 2.26. The molecule has 1 aromatic carbocycles. The van der Waals surface area contributed by atoms with Crippen LogP contribution in [0.3, 0.4) is 0 Å². The number of ether oxygens (including phenoxy) is 2. The molecule has 0 aliphatic heterocycles. The molecule has 0 fully saturated rings. The molecule has 0 radical (unpaired) electrons. The minimum atomic E-state index is -0.103. The normalized spacial score (nSPS) is 10.3. The summed E-state index contributed by atoms with van der Waals surface area (Å²) in [4.78, 5) is 12.0. The van der Waals surface area contributed by atoms with Crippen molar-refractivity contribution in [2.24, 2.45) is 0 Å². The third-order valence-electron chi connectivity index (χ3n) is 2.66. The molecule has 1 aromatic heterocycles. The van der Waals surface area contributed by atoms with Gasteiger partial charge in [0.2, 0.25) is 11.0 Å². The van der Waals surface area contributed by atoms with E-state index in [-0.39, 0.29) is 5.91 Å². The lowest BCUT2D eigenvalue weighted by Gasteiger charge is -2.11. The molecule has 0 saturated carbocycles. The number of nitrogens with zero attached hydrogens (tertiary/aromatic N) is 2. The molecule has 0 spiro atoms. The van der Waals surface area contributed by atoms with Gasteiger partial charge >= 0.3 is 0 Å². The first-order valence-corrected chi connectivity index (χ1v) is 8.16. The minimum Gasteiger partial charge on any atom is -0.497 e. The van der Waals surface area contributed by atoms with Gasteiger partial charge in [0.1, 0.15) is 11.5 Å². The van der Waals surface area contributed by atoms with Gasteiger partial charge in [-0.15, -0.1) is 10.2 Å². The fourth-order valence-electron chi connectivity index (χ4n) is 1.62. The van der Waals surface area contributed by atoms with Crippen LogP contribution in [0.25, 0.3) is 0 Å². The summed E-state index contributed by atoms with van der Waals surface area (Å²) >= 11 is 2.76. The number of thioether (sulfide) groups is 1. The number of amides is 1. The monoisotopic (exact) mass is 340 g/mol. The number of nitrogens with one attached hydrogen (secondary N) is 1. The fraction of sp³-hybridized carbons (Fsp3) is 0.308. The van der Waals surface area contributed by atoms with E-state index in [4.69, 9.17) is 15.2 Å². The Bertz CT molecular complexity index is 648. The topological polar surface area (TPSA) is 99.4 Å². The van der Waals surface area contributed by atoms with E-state index < -0.39 is 0 Å². The van der Waals surface area contributed by atoms with Crippen molar-refractivity contribution in [2.75, 3.05) is 31.0 Å². The van der Waals surface area contributed by atoms with Gasteiger partial charge < -0.3 is 20.5 Å². The number of nitrogen functional groups attached to an aromatic ring is 1. The number of methoxy groups -OCH3 is 2. The van der Waals surface area contributed by atoms with Crippen LogP contribution in [0, 0.1) is 0 Å². The lowest BCUT2D eigenvalue weighted by atomic mass is 10.2. The molecule has 1 heterocycles. The molecule has 0 bridgehead atoms. The van der Waals surface area contributed by atoms with Crippen molar-refractivity contribution in [2.45, 2.75) is 10.8 Å². The van der Waals surface area contributed by atoms with E-state index in [9.17, 15) is 4.79 Å². The first-order valence-electron chi connectivity index (χ1n) is 6.36. The summed E-state index contributed by atoms with van der Waals surface area (Å²) in [5.74, 6) is 1.71. The molecule has 3 N–H and O–H groups in total. The Morgan fingerprint density at radius 1 is 1.36 bits per heavy atom. The first kappa shape index (κ1) is 16.4. The van der Waals surface area contributed by atoms with Gasteiger partial charge in [-0.25, -0.2) is 0 Å². The first-order chi connectivity index (χ1) is 10.6. The molecule has 2 aromatic rings. The number of rotatable bonds is 7. The van der Waals surface area contributed by atoms with Crippen molar-refractivity contribution in [1.82, 2.24) is 10.2 Å². The second-order valence-electron chi connectivity index (χ2n) is 4.12. The number of anilines is 2. The van der Waals surface area contributed by atoms with Crippen LogP contribution in [0.4, 0.5) is 10.8 Å². The maximum Gasteiger partial charge on any atom is 0.225 e. The minimum absolute atomic E-state index is 0.103. The molecule has 22 heavy (non-hydrogen) atoms. The van der Waals surface area contributed by atoms with Crippen LogP contribution in [-0.4, -0.2) is 36.1 Å². The molecule has 2 rings (SSSR count). The number of aromatic nitrogens is 2. The van der Waals surface area contributed by atoms with Gasteiger partial charge in [0.15, 0.2) is 4.34 Å². The second-order valence-corrected chi connectivity index (χ2v) is 6.47. The summed E-state index contributed by atoms with van der Waals surface area (Å²) in [7, 11) is 3.12. The lowest BCUT2D eigenvalue weighted by Crippen LogP contribution is -2.13. The molecular weight excluding hydrogens is 324 g/mol. The molecule has 0 atom stereocenters. The van der Waals surface area contributed by atoms with Gasteiger partial charge in [0.05, 0.1) is 19.9 Å². The van der Waals surface area contributed by atoms with Crippen LogP contribution in [-0.2, 0) is 4.79 Å². The Morgan fingerprint density at radius 2 is 2.18 bits per heavy atom. The number of nitrogens with two attached hydrogens (primary N) is 1. The van der Waals surface area contributed by atoms with Gasteiger partial charge in [-0.05, 0) is 12.1 Å².